The molecule has 0 aliphatic rings. The van der Waals surface area contributed by atoms with E-state index in [-0.39, 0.29) is 0 Å². The zero-order valence-corrected chi connectivity index (χ0v) is 8.79. The number of likely N-dealkylation sites (N-methyl/N-ethyl adjacent to an activating group) is 1. The first-order chi connectivity index (χ1) is 6.79. The highest BCUT2D eigenvalue weighted by atomic mass is 16.5. The number of aromatic nitrogens is 2. The molecule has 0 aliphatic heterocycles. The minimum absolute atomic E-state index is 0.618. The maximum absolute atomic E-state index is 5.09. The average Bonchev–Trinajstić information content (AvgIpc) is 2.21. The van der Waals surface area contributed by atoms with E-state index in [1.54, 1.807) is 7.11 Å². The molecule has 14 heavy (non-hydrogen) atoms. The van der Waals surface area contributed by atoms with Gasteiger partial charge in [-0.25, -0.2) is 9.97 Å². The molecule has 0 aliphatic carbocycles. The first kappa shape index (κ1) is 10.7. The molecular formula is C9H16N4O. The molecule has 0 unspecified atom stereocenters. The molecule has 0 fully saturated rings. The number of ether oxygens (including phenoxy) is 1. The van der Waals surface area contributed by atoms with Gasteiger partial charge in [-0.1, -0.05) is 0 Å². The topological polar surface area (TPSA) is 59.1 Å². The van der Waals surface area contributed by atoms with Crippen LogP contribution in [0.2, 0.25) is 0 Å². The molecule has 0 aromatic carbocycles. The molecule has 0 radical (unpaired) electrons. The van der Waals surface area contributed by atoms with E-state index >= 15 is 0 Å². The van der Waals surface area contributed by atoms with E-state index in [1.165, 1.54) is 6.33 Å². The van der Waals surface area contributed by atoms with Gasteiger partial charge in [0.1, 0.15) is 12.1 Å². The lowest BCUT2D eigenvalue weighted by atomic mass is 10.3. The fourth-order valence-corrected chi connectivity index (χ4v) is 1.12. The Bertz CT molecular complexity index is 290. The molecule has 1 heterocycles. The van der Waals surface area contributed by atoms with Crippen LogP contribution in [0.15, 0.2) is 6.33 Å². The van der Waals surface area contributed by atoms with Crippen LogP contribution in [0, 0.1) is 6.92 Å². The summed E-state index contributed by atoms with van der Waals surface area (Å²) in [4.78, 5) is 8.13. The average molecular weight is 196 g/mol. The highest BCUT2D eigenvalue weighted by Gasteiger charge is 2.05. The van der Waals surface area contributed by atoms with Gasteiger partial charge in [-0.2, -0.15) is 0 Å². The van der Waals surface area contributed by atoms with Crippen molar-refractivity contribution in [1.82, 2.24) is 15.3 Å². The molecule has 2 N–H and O–H groups in total. The summed E-state index contributed by atoms with van der Waals surface area (Å²) in [6.07, 6.45) is 1.49. The molecule has 0 bridgehead atoms. The lowest BCUT2D eigenvalue weighted by molar-refractivity contribution is 0.393. The number of nitrogens with one attached hydrogen (secondary N) is 2. The van der Waals surface area contributed by atoms with Crippen LogP contribution in [0.1, 0.15) is 5.56 Å². The fourth-order valence-electron chi connectivity index (χ4n) is 1.12. The van der Waals surface area contributed by atoms with Gasteiger partial charge in [0.25, 0.3) is 0 Å². The van der Waals surface area contributed by atoms with E-state index in [4.69, 9.17) is 4.74 Å². The molecule has 0 atom stereocenters. The SMILES string of the molecule is CNCCNc1ncnc(OC)c1C. The Kier molecular flexibility index (Phi) is 4.12. The largest absolute Gasteiger partial charge is 0.481 e. The van der Waals surface area contributed by atoms with Crippen LogP contribution in [0.3, 0.4) is 0 Å². The van der Waals surface area contributed by atoms with Crippen molar-refractivity contribution in [3.63, 3.8) is 0 Å². The van der Waals surface area contributed by atoms with Gasteiger partial charge in [0.2, 0.25) is 5.88 Å². The Hall–Kier alpha value is -1.36. The highest BCUT2D eigenvalue weighted by Crippen LogP contribution is 2.18. The predicted octanol–water partition coefficient (Wildman–Crippen LogP) is 0.425. The van der Waals surface area contributed by atoms with E-state index in [0.29, 0.717) is 5.88 Å². The predicted molar refractivity (Wildman–Crippen MR) is 55.7 cm³/mol. The van der Waals surface area contributed by atoms with Crippen molar-refractivity contribution in [3.05, 3.63) is 11.9 Å². The quantitative estimate of drug-likeness (QED) is 0.669. The molecule has 1 rings (SSSR count). The summed E-state index contributed by atoms with van der Waals surface area (Å²) in [5.74, 6) is 1.44. The zero-order valence-electron chi connectivity index (χ0n) is 8.79. The van der Waals surface area contributed by atoms with Crippen LogP contribution < -0.4 is 15.4 Å². The summed E-state index contributed by atoms with van der Waals surface area (Å²) in [7, 11) is 3.52. The Morgan fingerprint density at radius 1 is 1.36 bits per heavy atom. The third-order valence-electron chi connectivity index (χ3n) is 1.90. The van der Waals surface area contributed by atoms with Gasteiger partial charge in [-0.05, 0) is 14.0 Å². The minimum Gasteiger partial charge on any atom is -0.481 e. The highest BCUT2D eigenvalue weighted by molar-refractivity contribution is 5.47. The van der Waals surface area contributed by atoms with E-state index in [9.17, 15) is 0 Å². The van der Waals surface area contributed by atoms with Gasteiger partial charge in [-0.3, -0.25) is 0 Å². The number of anilines is 1. The molecule has 0 saturated carbocycles. The first-order valence-electron chi connectivity index (χ1n) is 4.53. The summed E-state index contributed by atoms with van der Waals surface area (Å²) in [5, 5.41) is 6.24. The van der Waals surface area contributed by atoms with E-state index in [0.717, 1.165) is 24.5 Å². The summed E-state index contributed by atoms with van der Waals surface area (Å²) in [6, 6.07) is 0. The summed E-state index contributed by atoms with van der Waals surface area (Å²) in [6.45, 7) is 3.66. The van der Waals surface area contributed by atoms with Gasteiger partial charge in [0, 0.05) is 13.1 Å². The molecule has 1 aromatic heterocycles. The Labute approximate surface area is 83.9 Å². The number of hydrogen-bond acceptors (Lipinski definition) is 5. The van der Waals surface area contributed by atoms with Crippen molar-refractivity contribution >= 4 is 5.82 Å². The van der Waals surface area contributed by atoms with E-state index in [1.807, 2.05) is 14.0 Å². The molecule has 78 valence electrons. The Morgan fingerprint density at radius 2 is 2.14 bits per heavy atom. The second-order valence-corrected chi connectivity index (χ2v) is 2.89. The number of rotatable bonds is 5. The normalized spacial score (nSPS) is 9.93. The molecule has 5 nitrogen and oxygen atoms in total. The monoisotopic (exact) mass is 196 g/mol. The first-order valence-corrected chi connectivity index (χ1v) is 4.53. The Morgan fingerprint density at radius 3 is 2.79 bits per heavy atom. The second kappa shape index (κ2) is 5.39. The van der Waals surface area contributed by atoms with Crippen LogP contribution >= 0.6 is 0 Å². The van der Waals surface area contributed by atoms with Gasteiger partial charge < -0.3 is 15.4 Å². The fraction of sp³-hybridized carbons (Fsp3) is 0.556. The van der Waals surface area contributed by atoms with Crippen LogP contribution in [0.4, 0.5) is 5.82 Å². The van der Waals surface area contributed by atoms with Gasteiger partial charge in [0.15, 0.2) is 0 Å². The van der Waals surface area contributed by atoms with Gasteiger partial charge in [-0.15, -0.1) is 0 Å². The maximum Gasteiger partial charge on any atom is 0.221 e. The number of hydrogen-bond donors (Lipinski definition) is 2. The third-order valence-corrected chi connectivity index (χ3v) is 1.90. The smallest absolute Gasteiger partial charge is 0.221 e. The van der Waals surface area contributed by atoms with Crippen molar-refractivity contribution in [3.8, 4) is 5.88 Å². The van der Waals surface area contributed by atoms with Gasteiger partial charge >= 0.3 is 0 Å². The summed E-state index contributed by atoms with van der Waals surface area (Å²) >= 11 is 0. The van der Waals surface area contributed by atoms with E-state index in [2.05, 4.69) is 20.6 Å². The lowest BCUT2D eigenvalue weighted by Crippen LogP contribution is -2.18. The van der Waals surface area contributed by atoms with Crippen LogP contribution in [0.25, 0.3) is 0 Å². The standard InChI is InChI=1S/C9H16N4O/c1-7-8(11-5-4-10-2)12-6-13-9(7)14-3/h6,10H,4-5H2,1-3H3,(H,11,12,13). The van der Waals surface area contributed by atoms with Crippen molar-refractivity contribution in [1.29, 1.82) is 0 Å². The number of nitrogens with zero attached hydrogens (tertiary/aromatic N) is 2. The lowest BCUT2D eigenvalue weighted by Gasteiger charge is -2.09. The van der Waals surface area contributed by atoms with Crippen molar-refractivity contribution in [2.24, 2.45) is 0 Å². The third kappa shape index (κ3) is 2.56. The molecule has 5 heteroatoms. The summed E-state index contributed by atoms with van der Waals surface area (Å²) < 4.78 is 5.09. The number of methoxy groups -OCH3 is 1. The molecule has 0 spiro atoms. The molecule has 0 saturated heterocycles. The van der Waals surface area contributed by atoms with Crippen LogP contribution in [-0.2, 0) is 0 Å². The molecule has 0 amide bonds. The zero-order chi connectivity index (χ0) is 10.4. The Balaban J connectivity index is 2.66. The minimum atomic E-state index is 0.618. The van der Waals surface area contributed by atoms with Crippen LogP contribution in [0.5, 0.6) is 5.88 Å². The van der Waals surface area contributed by atoms with E-state index < -0.39 is 0 Å². The van der Waals surface area contributed by atoms with Gasteiger partial charge in [0.05, 0.1) is 12.7 Å². The molecule has 1 aromatic rings. The second-order valence-electron chi connectivity index (χ2n) is 2.89. The molecular weight excluding hydrogens is 180 g/mol. The maximum atomic E-state index is 5.09. The van der Waals surface area contributed by atoms with Crippen LogP contribution in [-0.4, -0.2) is 37.2 Å². The van der Waals surface area contributed by atoms with Crippen molar-refractivity contribution in [2.75, 3.05) is 32.6 Å². The van der Waals surface area contributed by atoms with Crippen molar-refractivity contribution in [2.45, 2.75) is 6.92 Å². The van der Waals surface area contributed by atoms with Crippen molar-refractivity contribution < 1.29 is 4.74 Å². The summed E-state index contributed by atoms with van der Waals surface area (Å²) in [5.41, 5.74) is 0.936.